The Morgan fingerprint density at radius 3 is 2.95 bits per heavy atom. The molecule has 2 amide bonds. The minimum atomic E-state index is 0.0207. The molecule has 1 aliphatic carbocycles. The number of amides is 2. The highest BCUT2D eigenvalue weighted by Gasteiger charge is 2.25. The molecule has 0 aromatic rings. The lowest BCUT2D eigenvalue weighted by Gasteiger charge is -2.31. The van der Waals surface area contributed by atoms with Gasteiger partial charge in [-0.25, -0.2) is 0 Å². The minimum absolute atomic E-state index is 0.0207. The number of nitrogens with zero attached hydrogens (tertiary/aromatic N) is 1. The Bertz CT molecular complexity index is 347. The summed E-state index contributed by atoms with van der Waals surface area (Å²) in [5.41, 5.74) is 0. The first kappa shape index (κ1) is 15.7. The van der Waals surface area contributed by atoms with Gasteiger partial charge in [-0.05, 0) is 37.9 Å². The number of nitrogens with one attached hydrogen (secondary N) is 1. The molecule has 1 heterocycles. The Morgan fingerprint density at radius 2 is 2.20 bits per heavy atom. The standard InChI is InChI=1S/C15H26N2O2S/c1-2-20-13-7-5-6-12(10-13)16-14(18)11-17-9-4-3-8-15(17)19/h12-13H,2-11H2,1H3,(H,16,18)/t12-,13-/m0/s1. The third kappa shape index (κ3) is 4.69. The fourth-order valence-electron chi connectivity index (χ4n) is 3.14. The number of piperidine rings is 1. The smallest absolute Gasteiger partial charge is 0.239 e. The van der Waals surface area contributed by atoms with Crippen molar-refractivity contribution < 1.29 is 9.59 Å². The molecule has 114 valence electrons. The SMILES string of the molecule is CCS[C@H]1CCC[C@H](NC(=O)CN2CCCCC2=O)C1. The highest BCUT2D eigenvalue weighted by molar-refractivity contribution is 7.99. The van der Waals surface area contributed by atoms with Gasteiger partial charge in [0.05, 0.1) is 6.54 Å². The van der Waals surface area contributed by atoms with Crippen LogP contribution < -0.4 is 5.32 Å². The van der Waals surface area contributed by atoms with E-state index in [1.807, 2.05) is 11.8 Å². The fourth-order valence-corrected chi connectivity index (χ4v) is 4.31. The summed E-state index contributed by atoms with van der Waals surface area (Å²) in [5.74, 6) is 1.30. The molecule has 1 saturated carbocycles. The van der Waals surface area contributed by atoms with Crippen LogP contribution in [0.1, 0.15) is 51.9 Å². The highest BCUT2D eigenvalue weighted by atomic mass is 32.2. The molecule has 20 heavy (non-hydrogen) atoms. The number of thioether (sulfide) groups is 1. The van der Waals surface area contributed by atoms with E-state index in [1.54, 1.807) is 4.90 Å². The van der Waals surface area contributed by atoms with Crippen LogP contribution in [0.25, 0.3) is 0 Å². The van der Waals surface area contributed by atoms with Gasteiger partial charge in [-0.3, -0.25) is 9.59 Å². The zero-order valence-corrected chi connectivity index (χ0v) is 13.2. The van der Waals surface area contributed by atoms with E-state index in [2.05, 4.69) is 12.2 Å². The molecule has 2 aliphatic rings. The van der Waals surface area contributed by atoms with E-state index in [-0.39, 0.29) is 18.4 Å². The van der Waals surface area contributed by atoms with Gasteiger partial charge in [-0.1, -0.05) is 13.3 Å². The van der Waals surface area contributed by atoms with E-state index in [0.29, 0.717) is 17.7 Å². The van der Waals surface area contributed by atoms with Gasteiger partial charge in [0.25, 0.3) is 0 Å². The first-order valence-electron chi connectivity index (χ1n) is 7.87. The van der Waals surface area contributed by atoms with E-state index in [9.17, 15) is 9.59 Å². The molecule has 2 atom stereocenters. The van der Waals surface area contributed by atoms with Crippen LogP contribution in [-0.4, -0.2) is 46.8 Å². The number of rotatable bonds is 5. The molecule has 0 aromatic carbocycles. The normalized spacial score (nSPS) is 27.4. The van der Waals surface area contributed by atoms with Crippen LogP contribution in [0.4, 0.5) is 0 Å². The molecule has 0 spiro atoms. The van der Waals surface area contributed by atoms with Gasteiger partial charge >= 0.3 is 0 Å². The molecule has 1 aliphatic heterocycles. The number of carbonyl (C=O) groups is 2. The number of hydrogen-bond acceptors (Lipinski definition) is 3. The molecule has 1 saturated heterocycles. The highest BCUT2D eigenvalue weighted by Crippen LogP contribution is 2.28. The van der Waals surface area contributed by atoms with Crippen molar-refractivity contribution >= 4 is 23.6 Å². The molecule has 2 fully saturated rings. The third-order valence-corrected chi connectivity index (χ3v) is 5.38. The second-order valence-electron chi connectivity index (χ2n) is 5.78. The zero-order valence-electron chi connectivity index (χ0n) is 12.4. The van der Waals surface area contributed by atoms with Crippen molar-refractivity contribution in [3.05, 3.63) is 0 Å². The van der Waals surface area contributed by atoms with E-state index in [1.165, 1.54) is 12.8 Å². The van der Waals surface area contributed by atoms with Crippen LogP contribution in [0, 0.1) is 0 Å². The monoisotopic (exact) mass is 298 g/mol. The first-order valence-corrected chi connectivity index (χ1v) is 8.92. The van der Waals surface area contributed by atoms with Gasteiger partial charge in [0.15, 0.2) is 0 Å². The molecule has 5 heteroatoms. The predicted molar refractivity (Wildman–Crippen MR) is 82.7 cm³/mol. The Morgan fingerprint density at radius 1 is 1.35 bits per heavy atom. The minimum Gasteiger partial charge on any atom is -0.352 e. The van der Waals surface area contributed by atoms with Crippen molar-refractivity contribution in [3.63, 3.8) is 0 Å². The Labute approximate surface area is 126 Å². The number of likely N-dealkylation sites (tertiary alicyclic amines) is 1. The molecule has 1 N–H and O–H groups in total. The van der Waals surface area contributed by atoms with Gasteiger partial charge in [-0.15, -0.1) is 0 Å². The second kappa shape index (κ2) is 7.91. The molecule has 2 rings (SSSR count). The maximum absolute atomic E-state index is 12.1. The fraction of sp³-hybridized carbons (Fsp3) is 0.867. The van der Waals surface area contributed by atoms with E-state index in [0.717, 1.165) is 38.0 Å². The zero-order chi connectivity index (χ0) is 14.4. The summed E-state index contributed by atoms with van der Waals surface area (Å²) in [6, 6.07) is 0.306. The molecule has 4 nitrogen and oxygen atoms in total. The average Bonchev–Trinajstić information content (AvgIpc) is 2.42. The maximum atomic E-state index is 12.1. The molecule has 0 aromatic heterocycles. The molecular formula is C15H26N2O2S. The van der Waals surface area contributed by atoms with Crippen molar-refractivity contribution in [2.24, 2.45) is 0 Å². The van der Waals surface area contributed by atoms with Crippen LogP contribution in [0.3, 0.4) is 0 Å². The van der Waals surface area contributed by atoms with Crippen LogP contribution in [0.15, 0.2) is 0 Å². The lowest BCUT2D eigenvalue weighted by atomic mass is 9.95. The average molecular weight is 298 g/mol. The Balaban J connectivity index is 1.74. The van der Waals surface area contributed by atoms with Crippen LogP contribution in [0.2, 0.25) is 0 Å². The second-order valence-corrected chi connectivity index (χ2v) is 7.36. The quantitative estimate of drug-likeness (QED) is 0.846. The summed E-state index contributed by atoms with van der Waals surface area (Å²) in [5, 5.41) is 3.82. The van der Waals surface area contributed by atoms with Crippen LogP contribution >= 0.6 is 11.8 Å². The summed E-state index contributed by atoms with van der Waals surface area (Å²) in [6.45, 7) is 3.18. The van der Waals surface area contributed by atoms with Gasteiger partial charge in [0.2, 0.25) is 11.8 Å². The molecular weight excluding hydrogens is 272 g/mol. The van der Waals surface area contributed by atoms with Crippen molar-refractivity contribution in [3.8, 4) is 0 Å². The largest absolute Gasteiger partial charge is 0.352 e. The van der Waals surface area contributed by atoms with Crippen molar-refractivity contribution in [2.45, 2.75) is 63.2 Å². The van der Waals surface area contributed by atoms with Crippen molar-refractivity contribution in [1.82, 2.24) is 10.2 Å². The van der Waals surface area contributed by atoms with Gasteiger partial charge in [-0.2, -0.15) is 11.8 Å². The summed E-state index contributed by atoms with van der Waals surface area (Å²) in [4.78, 5) is 25.5. The molecule has 0 bridgehead atoms. The third-order valence-electron chi connectivity index (χ3n) is 4.15. The number of hydrogen-bond donors (Lipinski definition) is 1. The molecule has 0 radical (unpaired) electrons. The predicted octanol–water partition coefficient (Wildman–Crippen LogP) is 2.18. The Kier molecular flexibility index (Phi) is 6.20. The summed E-state index contributed by atoms with van der Waals surface area (Å²) in [7, 11) is 0. The first-order chi connectivity index (χ1) is 9.69. The van der Waals surface area contributed by atoms with Gasteiger partial charge in [0.1, 0.15) is 0 Å². The molecule has 0 unspecified atom stereocenters. The van der Waals surface area contributed by atoms with Crippen molar-refractivity contribution in [2.75, 3.05) is 18.8 Å². The topological polar surface area (TPSA) is 49.4 Å². The van der Waals surface area contributed by atoms with E-state index >= 15 is 0 Å². The lowest BCUT2D eigenvalue weighted by Crippen LogP contribution is -2.47. The maximum Gasteiger partial charge on any atom is 0.239 e. The lowest BCUT2D eigenvalue weighted by molar-refractivity contribution is -0.138. The summed E-state index contributed by atoms with van der Waals surface area (Å²) in [6.07, 6.45) is 7.23. The Hall–Kier alpha value is -0.710. The summed E-state index contributed by atoms with van der Waals surface area (Å²) >= 11 is 2.00. The van der Waals surface area contributed by atoms with Crippen LogP contribution in [-0.2, 0) is 9.59 Å². The van der Waals surface area contributed by atoms with Gasteiger partial charge in [0, 0.05) is 24.3 Å². The van der Waals surface area contributed by atoms with Gasteiger partial charge < -0.3 is 10.2 Å². The number of carbonyl (C=O) groups excluding carboxylic acids is 2. The van der Waals surface area contributed by atoms with Crippen molar-refractivity contribution in [1.29, 1.82) is 0 Å². The summed E-state index contributed by atoms with van der Waals surface area (Å²) < 4.78 is 0. The van der Waals surface area contributed by atoms with Crippen LogP contribution in [0.5, 0.6) is 0 Å². The van der Waals surface area contributed by atoms with E-state index < -0.39 is 0 Å². The van der Waals surface area contributed by atoms with E-state index in [4.69, 9.17) is 0 Å².